The van der Waals surface area contributed by atoms with E-state index in [1.807, 2.05) is 37.3 Å². The molecule has 0 spiro atoms. The fourth-order valence-electron chi connectivity index (χ4n) is 1.93. The van der Waals surface area contributed by atoms with Gasteiger partial charge in [0, 0.05) is 12.2 Å². The van der Waals surface area contributed by atoms with Crippen molar-refractivity contribution < 1.29 is 9.53 Å². The normalized spacial score (nSPS) is 10.1. The van der Waals surface area contributed by atoms with Gasteiger partial charge in [-0.2, -0.15) is 0 Å². The van der Waals surface area contributed by atoms with Crippen LogP contribution in [-0.2, 0) is 6.54 Å². The van der Waals surface area contributed by atoms with Crippen LogP contribution in [0.5, 0.6) is 5.75 Å². The minimum Gasteiger partial charge on any atom is -0.497 e. The highest BCUT2D eigenvalue weighted by molar-refractivity contribution is 5.99. The molecule has 0 bridgehead atoms. The molecule has 0 saturated carbocycles. The molecule has 3 N–H and O–H groups in total. The lowest BCUT2D eigenvalue weighted by Crippen LogP contribution is -2.23. The molecule has 0 saturated heterocycles. The van der Waals surface area contributed by atoms with Crippen LogP contribution in [-0.4, -0.2) is 13.0 Å². The van der Waals surface area contributed by atoms with E-state index in [2.05, 4.69) is 5.32 Å². The Kier molecular flexibility index (Phi) is 4.25. The van der Waals surface area contributed by atoms with Gasteiger partial charge in [0.2, 0.25) is 0 Å². The lowest BCUT2D eigenvalue weighted by Gasteiger charge is -2.09. The number of nitrogen functional groups attached to an aromatic ring is 1. The van der Waals surface area contributed by atoms with Crippen molar-refractivity contribution in [3.63, 3.8) is 0 Å². The van der Waals surface area contributed by atoms with Crippen LogP contribution in [0.2, 0.25) is 0 Å². The predicted octanol–water partition coefficient (Wildman–Crippen LogP) is 2.52. The Morgan fingerprint density at radius 1 is 1.25 bits per heavy atom. The van der Waals surface area contributed by atoms with Crippen LogP contribution in [0.1, 0.15) is 21.5 Å². The van der Waals surface area contributed by atoms with E-state index in [-0.39, 0.29) is 5.91 Å². The molecule has 0 radical (unpaired) electrons. The van der Waals surface area contributed by atoms with E-state index in [9.17, 15) is 4.79 Å². The number of nitrogens with one attached hydrogen (secondary N) is 1. The second-order valence-corrected chi connectivity index (χ2v) is 4.62. The molecule has 0 aromatic heterocycles. The van der Waals surface area contributed by atoms with Crippen molar-refractivity contribution in [1.82, 2.24) is 5.32 Å². The lowest BCUT2D eigenvalue weighted by atomic mass is 10.1. The van der Waals surface area contributed by atoms with Crippen LogP contribution < -0.4 is 15.8 Å². The highest BCUT2D eigenvalue weighted by atomic mass is 16.5. The zero-order chi connectivity index (χ0) is 14.5. The number of hydrogen-bond acceptors (Lipinski definition) is 3. The number of carbonyl (C=O) groups is 1. The molecule has 20 heavy (non-hydrogen) atoms. The number of carbonyl (C=O) groups excluding carboxylic acids is 1. The molecule has 0 aliphatic carbocycles. The molecular formula is C16H18N2O2. The third-order valence-corrected chi connectivity index (χ3v) is 3.04. The van der Waals surface area contributed by atoms with E-state index in [0.717, 1.165) is 16.9 Å². The third kappa shape index (κ3) is 3.29. The van der Waals surface area contributed by atoms with Gasteiger partial charge in [-0.15, -0.1) is 0 Å². The molecule has 104 valence electrons. The molecule has 2 aromatic rings. The highest BCUT2D eigenvalue weighted by Gasteiger charge is 2.09. The minimum atomic E-state index is -0.172. The van der Waals surface area contributed by atoms with Crippen molar-refractivity contribution in [2.24, 2.45) is 0 Å². The zero-order valence-corrected chi connectivity index (χ0v) is 11.6. The summed E-state index contributed by atoms with van der Waals surface area (Å²) in [4.78, 5) is 12.1. The Morgan fingerprint density at radius 2 is 2.05 bits per heavy atom. The Morgan fingerprint density at radius 3 is 2.80 bits per heavy atom. The molecule has 4 nitrogen and oxygen atoms in total. The smallest absolute Gasteiger partial charge is 0.253 e. The minimum absolute atomic E-state index is 0.172. The first-order valence-electron chi connectivity index (χ1n) is 6.37. The van der Waals surface area contributed by atoms with Gasteiger partial charge < -0.3 is 15.8 Å². The number of aryl methyl sites for hydroxylation is 1. The van der Waals surface area contributed by atoms with E-state index < -0.39 is 0 Å². The summed E-state index contributed by atoms with van der Waals surface area (Å²) < 4.78 is 5.15. The van der Waals surface area contributed by atoms with Gasteiger partial charge in [0.05, 0.1) is 12.7 Å². The van der Waals surface area contributed by atoms with Gasteiger partial charge in [-0.25, -0.2) is 0 Å². The number of anilines is 1. The second kappa shape index (κ2) is 6.10. The monoisotopic (exact) mass is 270 g/mol. The summed E-state index contributed by atoms with van der Waals surface area (Å²) in [6, 6.07) is 13.0. The first kappa shape index (κ1) is 13.9. The van der Waals surface area contributed by atoms with Crippen LogP contribution in [0.4, 0.5) is 5.69 Å². The molecule has 0 fully saturated rings. The molecule has 4 heteroatoms. The molecule has 0 unspecified atom stereocenters. The maximum Gasteiger partial charge on any atom is 0.253 e. The zero-order valence-electron chi connectivity index (χ0n) is 11.6. The van der Waals surface area contributed by atoms with Crippen molar-refractivity contribution in [1.29, 1.82) is 0 Å². The summed E-state index contributed by atoms with van der Waals surface area (Å²) in [5, 5.41) is 2.86. The number of methoxy groups -OCH3 is 1. The van der Waals surface area contributed by atoms with Crippen LogP contribution in [0, 0.1) is 6.92 Å². The fraction of sp³-hybridized carbons (Fsp3) is 0.188. The van der Waals surface area contributed by atoms with E-state index in [1.165, 1.54) is 0 Å². The number of amides is 1. The first-order valence-corrected chi connectivity index (χ1v) is 6.37. The molecule has 2 rings (SSSR count). The van der Waals surface area contributed by atoms with Crippen molar-refractivity contribution in [2.45, 2.75) is 13.5 Å². The van der Waals surface area contributed by atoms with Crippen LogP contribution in [0.25, 0.3) is 0 Å². The van der Waals surface area contributed by atoms with Gasteiger partial charge in [0.1, 0.15) is 5.75 Å². The molecule has 2 aromatic carbocycles. The van der Waals surface area contributed by atoms with E-state index in [0.29, 0.717) is 17.8 Å². The van der Waals surface area contributed by atoms with Gasteiger partial charge in [-0.3, -0.25) is 4.79 Å². The first-order chi connectivity index (χ1) is 9.60. The summed E-state index contributed by atoms with van der Waals surface area (Å²) >= 11 is 0. The maximum atomic E-state index is 12.1. The highest BCUT2D eigenvalue weighted by Crippen LogP contribution is 2.15. The van der Waals surface area contributed by atoms with Crippen LogP contribution in [0.3, 0.4) is 0 Å². The Labute approximate surface area is 118 Å². The molecular weight excluding hydrogens is 252 g/mol. The molecule has 0 aliphatic heterocycles. The summed E-state index contributed by atoms with van der Waals surface area (Å²) in [6.45, 7) is 2.36. The van der Waals surface area contributed by atoms with E-state index >= 15 is 0 Å². The Bertz CT molecular complexity index is 624. The van der Waals surface area contributed by atoms with Gasteiger partial charge in [0.15, 0.2) is 0 Å². The fourth-order valence-corrected chi connectivity index (χ4v) is 1.93. The molecule has 0 heterocycles. The maximum absolute atomic E-state index is 12.1. The number of ether oxygens (including phenoxy) is 1. The summed E-state index contributed by atoms with van der Waals surface area (Å²) in [6.07, 6.45) is 0. The largest absolute Gasteiger partial charge is 0.497 e. The predicted molar refractivity (Wildman–Crippen MR) is 79.8 cm³/mol. The van der Waals surface area contributed by atoms with Crippen molar-refractivity contribution in [3.05, 3.63) is 59.2 Å². The SMILES string of the molecule is COc1cccc(CNC(=O)c2cc(C)ccc2N)c1. The van der Waals surface area contributed by atoms with Crippen molar-refractivity contribution in [2.75, 3.05) is 12.8 Å². The van der Waals surface area contributed by atoms with Gasteiger partial charge in [0.25, 0.3) is 5.91 Å². The Balaban J connectivity index is 2.06. The third-order valence-electron chi connectivity index (χ3n) is 3.04. The average molecular weight is 270 g/mol. The average Bonchev–Trinajstić information content (AvgIpc) is 2.47. The lowest BCUT2D eigenvalue weighted by molar-refractivity contribution is 0.0951. The standard InChI is InChI=1S/C16H18N2O2/c1-11-6-7-15(17)14(8-11)16(19)18-10-12-4-3-5-13(9-12)20-2/h3-9H,10,17H2,1-2H3,(H,18,19). The summed E-state index contributed by atoms with van der Waals surface area (Å²) in [7, 11) is 1.62. The molecule has 1 amide bonds. The number of nitrogens with two attached hydrogens (primary N) is 1. The van der Waals surface area contributed by atoms with Crippen molar-refractivity contribution >= 4 is 11.6 Å². The quantitative estimate of drug-likeness (QED) is 0.839. The number of rotatable bonds is 4. The number of benzene rings is 2. The van der Waals surface area contributed by atoms with Gasteiger partial charge in [-0.05, 0) is 36.8 Å². The van der Waals surface area contributed by atoms with E-state index in [1.54, 1.807) is 19.2 Å². The molecule has 0 aliphatic rings. The van der Waals surface area contributed by atoms with Gasteiger partial charge >= 0.3 is 0 Å². The summed E-state index contributed by atoms with van der Waals surface area (Å²) in [5.41, 5.74) is 8.80. The van der Waals surface area contributed by atoms with E-state index in [4.69, 9.17) is 10.5 Å². The van der Waals surface area contributed by atoms with Crippen molar-refractivity contribution in [3.8, 4) is 5.75 Å². The summed E-state index contributed by atoms with van der Waals surface area (Å²) in [5.74, 6) is 0.598. The topological polar surface area (TPSA) is 64.3 Å². The Hall–Kier alpha value is -2.49. The second-order valence-electron chi connectivity index (χ2n) is 4.62. The van der Waals surface area contributed by atoms with Crippen LogP contribution in [0.15, 0.2) is 42.5 Å². The number of hydrogen-bond donors (Lipinski definition) is 2. The molecule has 0 atom stereocenters. The van der Waals surface area contributed by atoms with Crippen LogP contribution >= 0.6 is 0 Å². The van der Waals surface area contributed by atoms with Gasteiger partial charge in [-0.1, -0.05) is 23.8 Å².